The number of aromatic nitrogens is 1. The number of fused-ring (bicyclic) bond motifs is 1. The summed E-state index contributed by atoms with van der Waals surface area (Å²) in [7, 11) is 0. The minimum Gasteiger partial charge on any atom is -0.311 e. The van der Waals surface area contributed by atoms with Gasteiger partial charge in [-0.2, -0.15) is 0 Å². The van der Waals surface area contributed by atoms with Gasteiger partial charge in [-0.15, -0.1) is 0 Å². The van der Waals surface area contributed by atoms with Crippen molar-refractivity contribution < 1.29 is 0 Å². The standard InChI is InChI=1S/C17H23N3/c1-3-15-12-20(13(2)10-19-15)11-14-8-9-18-17-7-5-4-6-16(14)17/h4-9,13,15,19H,3,10-12H2,1-2H3. The molecule has 2 aromatic rings. The lowest BCUT2D eigenvalue weighted by Gasteiger charge is -2.38. The fourth-order valence-corrected chi connectivity index (χ4v) is 3.00. The second-order valence-corrected chi connectivity index (χ2v) is 5.78. The predicted octanol–water partition coefficient (Wildman–Crippen LogP) is 2.81. The smallest absolute Gasteiger partial charge is 0.0705 e. The summed E-state index contributed by atoms with van der Waals surface area (Å²) in [5.41, 5.74) is 2.49. The summed E-state index contributed by atoms with van der Waals surface area (Å²) < 4.78 is 0. The molecule has 0 amide bonds. The molecule has 1 saturated heterocycles. The van der Waals surface area contributed by atoms with E-state index in [1.807, 2.05) is 6.20 Å². The maximum atomic E-state index is 4.45. The van der Waals surface area contributed by atoms with E-state index in [1.165, 1.54) is 17.4 Å². The molecular weight excluding hydrogens is 246 g/mol. The first-order valence-electron chi connectivity index (χ1n) is 7.58. The summed E-state index contributed by atoms with van der Waals surface area (Å²) in [6.45, 7) is 7.80. The summed E-state index contributed by atoms with van der Waals surface area (Å²) in [5, 5.41) is 4.90. The van der Waals surface area contributed by atoms with E-state index in [2.05, 4.69) is 59.4 Å². The number of piperazine rings is 1. The number of rotatable bonds is 3. The molecule has 1 fully saturated rings. The Kier molecular flexibility index (Phi) is 3.99. The molecule has 3 heteroatoms. The molecular formula is C17H23N3. The molecule has 20 heavy (non-hydrogen) atoms. The van der Waals surface area contributed by atoms with Gasteiger partial charge >= 0.3 is 0 Å². The van der Waals surface area contributed by atoms with Crippen LogP contribution in [-0.4, -0.2) is 35.1 Å². The Morgan fingerprint density at radius 3 is 3.00 bits per heavy atom. The van der Waals surface area contributed by atoms with Crippen molar-refractivity contribution in [2.75, 3.05) is 13.1 Å². The predicted molar refractivity (Wildman–Crippen MR) is 83.7 cm³/mol. The first-order chi connectivity index (χ1) is 9.78. The Bertz CT molecular complexity index is 576. The molecule has 0 bridgehead atoms. The zero-order valence-corrected chi connectivity index (χ0v) is 12.3. The third-order valence-corrected chi connectivity index (χ3v) is 4.39. The number of hydrogen-bond donors (Lipinski definition) is 1. The van der Waals surface area contributed by atoms with Crippen LogP contribution in [0, 0.1) is 0 Å². The summed E-state index contributed by atoms with van der Waals surface area (Å²) >= 11 is 0. The van der Waals surface area contributed by atoms with Crippen molar-refractivity contribution in [3.05, 3.63) is 42.1 Å². The van der Waals surface area contributed by atoms with Crippen LogP contribution in [0.4, 0.5) is 0 Å². The highest BCUT2D eigenvalue weighted by atomic mass is 15.2. The Balaban J connectivity index is 1.85. The number of pyridine rings is 1. The molecule has 1 aliphatic heterocycles. The van der Waals surface area contributed by atoms with Gasteiger partial charge in [0.05, 0.1) is 5.52 Å². The molecule has 1 aromatic carbocycles. The summed E-state index contributed by atoms with van der Waals surface area (Å²) in [5.74, 6) is 0. The zero-order valence-electron chi connectivity index (χ0n) is 12.3. The second kappa shape index (κ2) is 5.90. The van der Waals surface area contributed by atoms with Crippen molar-refractivity contribution in [2.45, 2.75) is 38.9 Å². The molecule has 3 rings (SSSR count). The van der Waals surface area contributed by atoms with E-state index >= 15 is 0 Å². The average Bonchev–Trinajstić information content (AvgIpc) is 2.50. The topological polar surface area (TPSA) is 28.2 Å². The Hall–Kier alpha value is -1.45. The number of nitrogens with one attached hydrogen (secondary N) is 1. The molecule has 1 aromatic heterocycles. The number of hydrogen-bond acceptors (Lipinski definition) is 3. The van der Waals surface area contributed by atoms with Gasteiger partial charge in [0.1, 0.15) is 0 Å². The van der Waals surface area contributed by atoms with E-state index < -0.39 is 0 Å². The van der Waals surface area contributed by atoms with Crippen LogP contribution >= 0.6 is 0 Å². The highest BCUT2D eigenvalue weighted by molar-refractivity contribution is 5.81. The van der Waals surface area contributed by atoms with Gasteiger partial charge in [-0.25, -0.2) is 0 Å². The van der Waals surface area contributed by atoms with E-state index in [0.29, 0.717) is 12.1 Å². The first-order valence-corrected chi connectivity index (χ1v) is 7.58. The Morgan fingerprint density at radius 2 is 2.15 bits per heavy atom. The lowest BCUT2D eigenvalue weighted by Crippen LogP contribution is -2.54. The molecule has 0 aliphatic carbocycles. The zero-order chi connectivity index (χ0) is 13.9. The van der Waals surface area contributed by atoms with Crippen LogP contribution in [0.5, 0.6) is 0 Å². The average molecular weight is 269 g/mol. The summed E-state index contributed by atoms with van der Waals surface area (Å²) in [6, 6.07) is 11.8. The maximum absolute atomic E-state index is 4.45. The molecule has 3 nitrogen and oxygen atoms in total. The van der Waals surface area contributed by atoms with Crippen molar-refractivity contribution in [1.82, 2.24) is 15.2 Å². The van der Waals surface area contributed by atoms with Crippen LogP contribution in [0.3, 0.4) is 0 Å². The van der Waals surface area contributed by atoms with Crippen LogP contribution in [0.15, 0.2) is 36.5 Å². The van der Waals surface area contributed by atoms with Crippen molar-refractivity contribution in [3.8, 4) is 0 Å². The normalized spacial score (nSPS) is 24.1. The largest absolute Gasteiger partial charge is 0.311 e. The van der Waals surface area contributed by atoms with Gasteiger partial charge in [0.2, 0.25) is 0 Å². The molecule has 0 radical (unpaired) electrons. The van der Waals surface area contributed by atoms with Crippen LogP contribution in [0.25, 0.3) is 10.9 Å². The van der Waals surface area contributed by atoms with Crippen molar-refractivity contribution in [1.29, 1.82) is 0 Å². The van der Waals surface area contributed by atoms with E-state index in [-0.39, 0.29) is 0 Å². The highest BCUT2D eigenvalue weighted by Gasteiger charge is 2.24. The SMILES string of the molecule is CCC1CN(Cc2ccnc3ccccc23)C(C)CN1. The third-order valence-electron chi connectivity index (χ3n) is 4.39. The maximum Gasteiger partial charge on any atom is 0.0705 e. The van der Waals surface area contributed by atoms with E-state index in [9.17, 15) is 0 Å². The number of para-hydroxylation sites is 1. The molecule has 0 saturated carbocycles. The van der Waals surface area contributed by atoms with E-state index in [0.717, 1.165) is 25.2 Å². The molecule has 1 N–H and O–H groups in total. The van der Waals surface area contributed by atoms with Crippen molar-refractivity contribution in [2.24, 2.45) is 0 Å². The van der Waals surface area contributed by atoms with Gasteiger partial charge in [-0.3, -0.25) is 9.88 Å². The van der Waals surface area contributed by atoms with Crippen molar-refractivity contribution in [3.63, 3.8) is 0 Å². The second-order valence-electron chi connectivity index (χ2n) is 5.78. The van der Waals surface area contributed by atoms with E-state index in [1.54, 1.807) is 0 Å². The first kappa shape index (κ1) is 13.5. The van der Waals surface area contributed by atoms with Gasteiger partial charge in [0.25, 0.3) is 0 Å². The van der Waals surface area contributed by atoms with Crippen LogP contribution in [0.1, 0.15) is 25.8 Å². The Labute approximate surface area is 121 Å². The van der Waals surface area contributed by atoms with E-state index in [4.69, 9.17) is 0 Å². The fourth-order valence-electron chi connectivity index (χ4n) is 3.00. The van der Waals surface area contributed by atoms with Crippen LogP contribution in [0.2, 0.25) is 0 Å². The van der Waals surface area contributed by atoms with Gasteiger partial charge < -0.3 is 5.32 Å². The number of nitrogens with zero attached hydrogens (tertiary/aromatic N) is 2. The van der Waals surface area contributed by atoms with Crippen LogP contribution < -0.4 is 5.32 Å². The molecule has 2 heterocycles. The fraction of sp³-hybridized carbons (Fsp3) is 0.471. The molecule has 2 atom stereocenters. The van der Waals surface area contributed by atoms with Gasteiger partial charge in [-0.1, -0.05) is 25.1 Å². The van der Waals surface area contributed by atoms with Crippen LogP contribution in [-0.2, 0) is 6.54 Å². The lowest BCUT2D eigenvalue weighted by atomic mass is 10.0. The van der Waals surface area contributed by atoms with Gasteiger partial charge in [0, 0.05) is 43.3 Å². The summed E-state index contributed by atoms with van der Waals surface area (Å²) in [4.78, 5) is 7.04. The minimum absolute atomic E-state index is 0.588. The molecule has 1 aliphatic rings. The quantitative estimate of drug-likeness (QED) is 0.928. The van der Waals surface area contributed by atoms with Gasteiger partial charge in [-0.05, 0) is 31.0 Å². The number of benzene rings is 1. The highest BCUT2D eigenvalue weighted by Crippen LogP contribution is 2.20. The van der Waals surface area contributed by atoms with Gasteiger partial charge in [0.15, 0.2) is 0 Å². The monoisotopic (exact) mass is 269 g/mol. The third kappa shape index (κ3) is 2.69. The molecule has 0 spiro atoms. The van der Waals surface area contributed by atoms with Crippen molar-refractivity contribution >= 4 is 10.9 Å². The lowest BCUT2D eigenvalue weighted by molar-refractivity contribution is 0.132. The Morgan fingerprint density at radius 1 is 1.30 bits per heavy atom. The summed E-state index contributed by atoms with van der Waals surface area (Å²) in [6.07, 6.45) is 3.13. The minimum atomic E-state index is 0.588. The molecule has 2 unspecified atom stereocenters. The molecule has 106 valence electrons.